The third-order valence-electron chi connectivity index (χ3n) is 3.40. The first kappa shape index (κ1) is 17.9. The highest BCUT2D eigenvalue weighted by molar-refractivity contribution is 7.43. The third kappa shape index (κ3) is 5.04. The highest BCUT2D eigenvalue weighted by atomic mass is 31.2. The van der Waals surface area contributed by atoms with Crippen LogP contribution in [0.15, 0.2) is 78.9 Å². The first-order chi connectivity index (χ1) is 12.8. The van der Waals surface area contributed by atoms with Crippen LogP contribution in [0.25, 0.3) is 0 Å². The standard InChI is InChI=1S/C20H19O5P/c1-21-16-8-12-19(13-9-16)24-26(23-18-6-4-3-5-7-18)25-20-14-10-17(22-2)11-15-20/h3-15H,1-2H3. The maximum atomic E-state index is 5.91. The van der Waals surface area contributed by atoms with E-state index in [9.17, 15) is 0 Å². The largest absolute Gasteiger partial charge is 0.530 e. The van der Waals surface area contributed by atoms with E-state index in [1.54, 1.807) is 38.5 Å². The molecule has 0 fully saturated rings. The molecule has 0 aliphatic rings. The molecule has 6 heteroatoms. The van der Waals surface area contributed by atoms with Gasteiger partial charge in [0.25, 0.3) is 0 Å². The van der Waals surface area contributed by atoms with Gasteiger partial charge in [-0.15, -0.1) is 0 Å². The molecule has 0 aromatic heterocycles. The molecule has 0 heterocycles. The van der Waals surface area contributed by atoms with Crippen LogP contribution in [0.2, 0.25) is 0 Å². The molecule has 0 saturated carbocycles. The van der Waals surface area contributed by atoms with Gasteiger partial charge in [0, 0.05) is 0 Å². The minimum absolute atomic E-state index is 0.626. The van der Waals surface area contributed by atoms with E-state index in [1.807, 2.05) is 54.6 Å². The third-order valence-corrected chi connectivity index (χ3v) is 4.48. The van der Waals surface area contributed by atoms with Gasteiger partial charge in [-0.25, -0.2) is 0 Å². The second-order valence-corrected chi connectivity index (χ2v) is 6.16. The summed E-state index contributed by atoms with van der Waals surface area (Å²) in [5.41, 5.74) is 0. The molecule has 0 amide bonds. The van der Waals surface area contributed by atoms with Crippen LogP contribution < -0.4 is 23.0 Å². The second kappa shape index (κ2) is 8.97. The van der Waals surface area contributed by atoms with Gasteiger partial charge in [0.1, 0.15) is 28.7 Å². The maximum absolute atomic E-state index is 5.91. The summed E-state index contributed by atoms with van der Waals surface area (Å²) in [7, 11) is 1.54. The van der Waals surface area contributed by atoms with Crippen molar-refractivity contribution in [3.8, 4) is 28.7 Å². The molecule has 26 heavy (non-hydrogen) atoms. The Morgan fingerprint density at radius 2 is 0.808 bits per heavy atom. The van der Waals surface area contributed by atoms with Crippen LogP contribution in [0.4, 0.5) is 0 Å². The zero-order chi connectivity index (χ0) is 18.2. The monoisotopic (exact) mass is 370 g/mol. The Bertz CT molecular complexity index is 741. The first-order valence-corrected chi connectivity index (χ1v) is 9.03. The van der Waals surface area contributed by atoms with Crippen molar-refractivity contribution in [2.24, 2.45) is 0 Å². The van der Waals surface area contributed by atoms with Crippen LogP contribution in [-0.4, -0.2) is 14.2 Å². The quantitative estimate of drug-likeness (QED) is 0.492. The maximum Gasteiger partial charge on any atom is 0.530 e. The molecule has 134 valence electrons. The van der Waals surface area contributed by atoms with Gasteiger partial charge in [0.15, 0.2) is 0 Å². The van der Waals surface area contributed by atoms with Crippen LogP contribution in [0.5, 0.6) is 28.7 Å². The lowest BCUT2D eigenvalue weighted by molar-refractivity contribution is 0.385. The molecule has 0 aliphatic carbocycles. The van der Waals surface area contributed by atoms with Gasteiger partial charge in [0.2, 0.25) is 0 Å². The Morgan fingerprint density at radius 1 is 0.462 bits per heavy atom. The van der Waals surface area contributed by atoms with Gasteiger partial charge in [0.05, 0.1) is 14.2 Å². The smallest absolute Gasteiger partial charge is 0.497 e. The van der Waals surface area contributed by atoms with Crippen molar-refractivity contribution >= 4 is 8.60 Å². The van der Waals surface area contributed by atoms with E-state index < -0.39 is 8.60 Å². The van der Waals surface area contributed by atoms with E-state index in [0.29, 0.717) is 17.2 Å². The molecule has 5 nitrogen and oxygen atoms in total. The minimum Gasteiger partial charge on any atom is -0.497 e. The van der Waals surface area contributed by atoms with E-state index in [0.717, 1.165) is 11.5 Å². The Hall–Kier alpha value is -2.91. The number of rotatable bonds is 8. The van der Waals surface area contributed by atoms with E-state index in [-0.39, 0.29) is 0 Å². The SMILES string of the molecule is COc1ccc(OP(Oc2ccccc2)Oc2ccc(OC)cc2)cc1. The molecule has 0 saturated heterocycles. The van der Waals surface area contributed by atoms with Gasteiger partial charge in [-0.05, 0) is 60.7 Å². The molecule has 0 radical (unpaired) electrons. The van der Waals surface area contributed by atoms with Crippen molar-refractivity contribution in [3.05, 3.63) is 78.9 Å². The summed E-state index contributed by atoms with van der Waals surface area (Å²) in [5.74, 6) is 3.42. The molecule has 0 N–H and O–H groups in total. The van der Waals surface area contributed by atoms with Crippen LogP contribution in [0.3, 0.4) is 0 Å². The Balaban J connectivity index is 1.75. The van der Waals surface area contributed by atoms with Crippen molar-refractivity contribution in [1.82, 2.24) is 0 Å². The lowest BCUT2D eigenvalue weighted by Crippen LogP contribution is -2.02. The summed E-state index contributed by atoms with van der Waals surface area (Å²) < 4.78 is 28.0. The molecule has 0 aliphatic heterocycles. The Morgan fingerprint density at radius 3 is 1.19 bits per heavy atom. The van der Waals surface area contributed by atoms with E-state index in [2.05, 4.69) is 0 Å². The molecule has 3 aromatic carbocycles. The molecular formula is C20H19O5P. The molecule has 0 bridgehead atoms. The number of methoxy groups -OCH3 is 2. The first-order valence-electron chi connectivity index (χ1n) is 7.94. The lowest BCUT2D eigenvalue weighted by Gasteiger charge is -2.18. The topological polar surface area (TPSA) is 46.2 Å². The van der Waals surface area contributed by atoms with Crippen molar-refractivity contribution in [2.45, 2.75) is 0 Å². The van der Waals surface area contributed by atoms with Crippen LogP contribution >= 0.6 is 8.60 Å². The van der Waals surface area contributed by atoms with E-state index in [1.165, 1.54) is 0 Å². The van der Waals surface area contributed by atoms with Gasteiger partial charge < -0.3 is 23.0 Å². The van der Waals surface area contributed by atoms with Gasteiger partial charge >= 0.3 is 8.60 Å². The fourth-order valence-electron chi connectivity index (χ4n) is 2.07. The summed E-state index contributed by atoms with van der Waals surface area (Å²) in [6.45, 7) is 0. The van der Waals surface area contributed by atoms with Crippen LogP contribution in [-0.2, 0) is 0 Å². The van der Waals surface area contributed by atoms with Gasteiger partial charge in [-0.3, -0.25) is 0 Å². The van der Waals surface area contributed by atoms with Crippen molar-refractivity contribution < 1.29 is 23.0 Å². The number of para-hydroxylation sites is 1. The van der Waals surface area contributed by atoms with Gasteiger partial charge in [-0.2, -0.15) is 0 Å². The molecule has 3 aromatic rings. The van der Waals surface area contributed by atoms with E-state index >= 15 is 0 Å². The Kier molecular flexibility index (Phi) is 6.18. The highest BCUT2D eigenvalue weighted by Crippen LogP contribution is 2.42. The number of benzene rings is 3. The summed E-state index contributed by atoms with van der Waals surface area (Å²) in [4.78, 5) is 0. The molecule has 0 atom stereocenters. The highest BCUT2D eigenvalue weighted by Gasteiger charge is 2.19. The summed E-state index contributed by atoms with van der Waals surface area (Å²) in [6.07, 6.45) is 0. The number of ether oxygens (including phenoxy) is 2. The second-order valence-electron chi connectivity index (χ2n) is 5.16. The lowest BCUT2D eigenvalue weighted by atomic mass is 10.3. The van der Waals surface area contributed by atoms with Crippen molar-refractivity contribution in [2.75, 3.05) is 14.2 Å². The van der Waals surface area contributed by atoms with Crippen molar-refractivity contribution in [1.29, 1.82) is 0 Å². The fraction of sp³-hybridized carbons (Fsp3) is 0.100. The number of hydrogen-bond acceptors (Lipinski definition) is 5. The fourth-order valence-corrected chi connectivity index (χ4v) is 3.06. The van der Waals surface area contributed by atoms with Crippen LogP contribution in [0, 0.1) is 0 Å². The summed E-state index contributed by atoms with van der Waals surface area (Å²) in [6, 6.07) is 23.9. The normalized spacial score (nSPS) is 10.3. The molecular weight excluding hydrogens is 351 g/mol. The molecule has 3 rings (SSSR count). The zero-order valence-electron chi connectivity index (χ0n) is 14.5. The summed E-state index contributed by atoms with van der Waals surface area (Å²) in [5, 5.41) is 0. The number of hydrogen-bond donors (Lipinski definition) is 0. The minimum atomic E-state index is -1.70. The van der Waals surface area contributed by atoms with E-state index in [4.69, 9.17) is 23.0 Å². The zero-order valence-corrected chi connectivity index (χ0v) is 15.4. The van der Waals surface area contributed by atoms with Gasteiger partial charge in [-0.1, -0.05) is 18.2 Å². The predicted octanol–water partition coefficient (Wildman–Crippen LogP) is 5.47. The van der Waals surface area contributed by atoms with Crippen molar-refractivity contribution in [3.63, 3.8) is 0 Å². The molecule has 0 unspecified atom stereocenters. The Labute approximate surface area is 154 Å². The molecule has 0 spiro atoms. The predicted molar refractivity (Wildman–Crippen MR) is 101 cm³/mol. The average Bonchev–Trinajstić information content (AvgIpc) is 2.70. The van der Waals surface area contributed by atoms with Crippen LogP contribution in [0.1, 0.15) is 0 Å². The average molecular weight is 370 g/mol. The summed E-state index contributed by atoms with van der Waals surface area (Å²) >= 11 is 0.